The predicted octanol–water partition coefficient (Wildman–Crippen LogP) is 0.00230. The predicted molar refractivity (Wildman–Crippen MR) is 70.1 cm³/mol. The van der Waals surface area contributed by atoms with Gasteiger partial charge in [0.25, 0.3) is 0 Å². The maximum absolute atomic E-state index is 10.7. The molecular formula is C12H21N5O2. The maximum atomic E-state index is 10.7. The van der Waals surface area contributed by atoms with Crippen molar-refractivity contribution >= 4 is 5.97 Å². The molecule has 1 fully saturated rings. The third kappa shape index (κ3) is 3.74. The van der Waals surface area contributed by atoms with E-state index in [1.165, 1.54) is 12.6 Å². The first-order valence-corrected chi connectivity index (χ1v) is 6.62. The highest BCUT2D eigenvalue weighted by atomic mass is 16.4. The van der Waals surface area contributed by atoms with Crippen molar-refractivity contribution in [2.45, 2.75) is 25.9 Å². The third-order valence-corrected chi connectivity index (χ3v) is 3.56. The molecule has 7 heteroatoms. The van der Waals surface area contributed by atoms with Crippen molar-refractivity contribution in [2.24, 2.45) is 0 Å². The molecule has 0 bridgehead atoms. The van der Waals surface area contributed by atoms with Gasteiger partial charge in [-0.25, -0.2) is 4.79 Å². The van der Waals surface area contributed by atoms with Crippen molar-refractivity contribution in [3.8, 4) is 0 Å². The summed E-state index contributed by atoms with van der Waals surface area (Å²) in [5.41, 5.74) is 0.00338. The number of hydrogen-bond acceptors (Lipinski definition) is 5. The average molecular weight is 267 g/mol. The molecule has 106 valence electrons. The van der Waals surface area contributed by atoms with Gasteiger partial charge in [-0.15, -0.1) is 5.10 Å². The van der Waals surface area contributed by atoms with E-state index >= 15 is 0 Å². The third-order valence-electron chi connectivity index (χ3n) is 3.56. The maximum Gasteiger partial charge on any atom is 0.358 e. The molecule has 1 atom stereocenters. The van der Waals surface area contributed by atoms with Gasteiger partial charge in [0, 0.05) is 19.1 Å². The van der Waals surface area contributed by atoms with Gasteiger partial charge in [0.1, 0.15) is 0 Å². The van der Waals surface area contributed by atoms with E-state index < -0.39 is 5.97 Å². The van der Waals surface area contributed by atoms with Gasteiger partial charge in [0.05, 0.1) is 12.7 Å². The summed E-state index contributed by atoms with van der Waals surface area (Å²) in [4.78, 5) is 15.5. The standard InChI is InChI=1S/C12H21N5O2/c1-10-8-15(2)4-3-5-16(10)6-7-17-9-11(12(18)19)13-14-17/h9-10H,3-8H2,1-2H3,(H,18,19). The van der Waals surface area contributed by atoms with Crippen molar-refractivity contribution in [3.63, 3.8) is 0 Å². The van der Waals surface area contributed by atoms with E-state index in [2.05, 4.69) is 34.1 Å². The first-order chi connectivity index (χ1) is 9.06. The largest absolute Gasteiger partial charge is 0.476 e. The Balaban J connectivity index is 1.88. The Morgan fingerprint density at radius 1 is 1.47 bits per heavy atom. The molecule has 1 saturated heterocycles. The molecular weight excluding hydrogens is 246 g/mol. The van der Waals surface area contributed by atoms with Gasteiger partial charge < -0.3 is 10.0 Å². The molecule has 2 rings (SSSR count). The summed E-state index contributed by atoms with van der Waals surface area (Å²) < 4.78 is 1.60. The Kier molecular flexibility index (Phi) is 4.49. The second kappa shape index (κ2) is 6.12. The molecule has 0 radical (unpaired) electrons. The monoisotopic (exact) mass is 267 g/mol. The SMILES string of the molecule is CC1CN(C)CCCN1CCn1cc(C(=O)O)nn1. The van der Waals surface area contributed by atoms with Crippen LogP contribution in [0.3, 0.4) is 0 Å². The van der Waals surface area contributed by atoms with Crippen LogP contribution in [0, 0.1) is 0 Å². The van der Waals surface area contributed by atoms with Crippen molar-refractivity contribution < 1.29 is 9.90 Å². The van der Waals surface area contributed by atoms with Crippen molar-refractivity contribution in [2.75, 3.05) is 33.2 Å². The molecule has 1 aromatic heterocycles. The molecule has 0 aromatic carbocycles. The van der Waals surface area contributed by atoms with Crippen LogP contribution in [0.2, 0.25) is 0 Å². The van der Waals surface area contributed by atoms with Crippen LogP contribution >= 0.6 is 0 Å². The number of hydrogen-bond donors (Lipinski definition) is 1. The van der Waals surface area contributed by atoms with Crippen LogP contribution in [0.4, 0.5) is 0 Å². The summed E-state index contributed by atoms with van der Waals surface area (Å²) in [5.74, 6) is -1.03. The van der Waals surface area contributed by atoms with Crippen molar-refractivity contribution in [3.05, 3.63) is 11.9 Å². The summed E-state index contributed by atoms with van der Waals surface area (Å²) in [6.45, 7) is 7.05. The van der Waals surface area contributed by atoms with Crippen LogP contribution in [0.1, 0.15) is 23.8 Å². The summed E-state index contributed by atoms with van der Waals surface area (Å²) in [5, 5.41) is 16.2. The number of carboxylic acid groups (broad SMARTS) is 1. The van der Waals surface area contributed by atoms with Crippen molar-refractivity contribution in [1.29, 1.82) is 0 Å². The normalized spacial score (nSPS) is 22.3. The second-order valence-electron chi connectivity index (χ2n) is 5.17. The van der Waals surface area contributed by atoms with E-state index in [0.29, 0.717) is 12.6 Å². The fourth-order valence-corrected chi connectivity index (χ4v) is 2.49. The number of aromatic nitrogens is 3. The summed E-state index contributed by atoms with van der Waals surface area (Å²) >= 11 is 0. The summed E-state index contributed by atoms with van der Waals surface area (Å²) in [6.07, 6.45) is 2.65. The van der Waals surface area contributed by atoms with Gasteiger partial charge >= 0.3 is 5.97 Å². The summed E-state index contributed by atoms with van der Waals surface area (Å²) in [7, 11) is 2.15. The molecule has 0 spiro atoms. The zero-order chi connectivity index (χ0) is 13.8. The zero-order valence-electron chi connectivity index (χ0n) is 11.5. The van der Waals surface area contributed by atoms with E-state index in [-0.39, 0.29) is 5.69 Å². The van der Waals surface area contributed by atoms with E-state index in [9.17, 15) is 4.79 Å². The first-order valence-electron chi connectivity index (χ1n) is 6.62. The van der Waals surface area contributed by atoms with Gasteiger partial charge in [-0.3, -0.25) is 9.58 Å². The van der Waals surface area contributed by atoms with Crippen LogP contribution in [-0.4, -0.2) is 75.1 Å². The molecule has 7 nitrogen and oxygen atoms in total. The minimum Gasteiger partial charge on any atom is -0.476 e. The molecule has 1 aliphatic rings. The van der Waals surface area contributed by atoms with E-state index in [1.54, 1.807) is 4.68 Å². The minimum atomic E-state index is -1.03. The van der Waals surface area contributed by atoms with E-state index in [0.717, 1.165) is 26.2 Å². The van der Waals surface area contributed by atoms with Crippen LogP contribution in [-0.2, 0) is 6.54 Å². The Morgan fingerprint density at radius 2 is 2.26 bits per heavy atom. The van der Waals surface area contributed by atoms with Crippen LogP contribution in [0.5, 0.6) is 0 Å². The lowest BCUT2D eigenvalue weighted by atomic mass is 10.2. The Morgan fingerprint density at radius 3 is 2.95 bits per heavy atom. The highest BCUT2D eigenvalue weighted by Crippen LogP contribution is 2.08. The number of carboxylic acids is 1. The highest BCUT2D eigenvalue weighted by Gasteiger charge is 2.19. The topological polar surface area (TPSA) is 74.5 Å². The van der Waals surface area contributed by atoms with E-state index in [1.807, 2.05) is 0 Å². The fourth-order valence-electron chi connectivity index (χ4n) is 2.49. The van der Waals surface area contributed by atoms with E-state index in [4.69, 9.17) is 5.11 Å². The molecule has 0 saturated carbocycles. The lowest BCUT2D eigenvalue weighted by molar-refractivity contribution is 0.0690. The highest BCUT2D eigenvalue weighted by molar-refractivity contribution is 5.84. The number of carbonyl (C=O) groups is 1. The Bertz CT molecular complexity index is 434. The van der Waals surface area contributed by atoms with Crippen LogP contribution in [0.15, 0.2) is 6.20 Å². The Hall–Kier alpha value is -1.47. The number of aromatic carboxylic acids is 1. The number of likely N-dealkylation sites (N-methyl/N-ethyl adjacent to an activating group) is 1. The molecule has 1 N–H and O–H groups in total. The van der Waals surface area contributed by atoms with Gasteiger partial charge in [0.15, 0.2) is 5.69 Å². The second-order valence-corrected chi connectivity index (χ2v) is 5.17. The van der Waals surface area contributed by atoms with Gasteiger partial charge in [-0.2, -0.15) is 0 Å². The molecule has 1 unspecified atom stereocenters. The fraction of sp³-hybridized carbons (Fsp3) is 0.750. The minimum absolute atomic E-state index is 0.00338. The quantitative estimate of drug-likeness (QED) is 0.828. The lowest BCUT2D eigenvalue weighted by Crippen LogP contribution is -2.39. The molecule has 1 aliphatic heterocycles. The Labute approximate surface area is 112 Å². The molecule has 2 heterocycles. The van der Waals surface area contributed by atoms with Crippen LogP contribution in [0.25, 0.3) is 0 Å². The van der Waals surface area contributed by atoms with Gasteiger partial charge in [0.2, 0.25) is 0 Å². The summed E-state index contributed by atoms with van der Waals surface area (Å²) in [6, 6.07) is 0.509. The first kappa shape index (κ1) is 14.0. The molecule has 19 heavy (non-hydrogen) atoms. The van der Waals surface area contributed by atoms with Crippen molar-refractivity contribution in [1.82, 2.24) is 24.8 Å². The van der Waals surface area contributed by atoms with Crippen LogP contribution < -0.4 is 0 Å². The number of nitrogens with zero attached hydrogens (tertiary/aromatic N) is 5. The smallest absolute Gasteiger partial charge is 0.358 e. The van der Waals surface area contributed by atoms with Gasteiger partial charge in [-0.05, 0) is 33.5 Å². The number of rotatable bonds is 4. The molecule has 0 amide bonds. The van der Waals surface area contributed by atoms with Gasteiger partial charge in [-0.1, -0.05) is 5.21 Å². The molecule has 0 aliphatic carbocycles. The zero-order valence-corrected chi connectivity index (χ0v) is 11.5. The molecule has 1 aromatic rings. The lowest BCUT2D eigenvalue weighted by Gasteiger charge is -2.27. The average Bonchev–Trinajstić information content (AvgIpc) is 2.75.